The van der Waals surface area contributed by atoms with Gasteiger partial charge in [-0.1, -0.05) is 54.9 Å². The number of aromatic nitrogens is 2. The number of carbonyl (C=O) groups is 1. The van der Waals surface area contributed by atoms with Crippen LogP contribution in [0.25, 0.3) is 28.1 Å². The third-order valence-electron chi connectivity index (χ3n) is 5.47. The number of aliphatic carboxylic acids is 1. The Morgan fingerprint density at radius 3 is 2.53 bits per heavy atom. The second-order valence-corrected chi connectivity index (χ2v) is 9.99. The number of carboxylic acids is 1. The highest BCUT2D eigenvalue weighted by atomic mass is 127. The van der Waals surface area contributed by atoms with Crippen LogP contribution in [-0.2, 0) is 4.79 Å². The number of nitrogens with zero attached hydrogens (tertiary/aromatic N) is 2. The van der Waals surface area contributed by atoms with Crippen molar-refractivity contribution in [2.24, 2.45) is 0 Å². The number of carboxylic acid groups (broad SMARTS) is 1. The van der Waals surface area contributed by atoms with Gasteiger partial charge in [0.05, 0.1) is 23.1 Å². The van der Waals surface area contributed by atoms with E-state index in [1.54, 1.807) is 12.1 Å². The highest BCUT2D eigenvalue weighted by molar-refractivity contribution is 14.2. The van der Waals surface area contributed by atoms with Crippen LogP contribution in [0.1, 0.15) is 35.6 Å². The minimum absolute atomic E-state index is 0.357. The Kier molecular flexibility index (Phi) is 7.81. The zero-order chi connectivity index (χ0) is 24.2. The summed E-state index contributed by atoms with van der Waals surface area (Å²) >= 11 is 8.79. The largest absolute Gasteiger partial charge is 0.478 e. The molecule has 4 aromatic rings. The molecule has 4 rings (SSSR count). The van der Waals surface area contributed by atoms with Crippen LogP contribution in [0, 0.1) is 5.82 Å². The van der Waals surface area contributed by atoms with Gasteiger partial charge in [0.1, 0.15) is 5.82 Å². The average molecular weight is 605 g/mol. The summed E-state index contributed by atoms with van der Waals surface area (Å²) in [5.41, 5.74) is 6.53. The highest BCUT2D eigenvalue weighted by Gasteiger charge is 2.17. The van der Waals surface area contributed by atoms with E-state index in [4.69, 9.17) is 16.7 Å². The van der Waals surface area contributed by atoms with Crippen LogP contribution in [0.3, 0.4) is 0 Å². The maximum atomic E-state index is 13.8. The van der Waals surface area contributed by atoms with E-state index >= 15 is 0 Å². The Labute approximate surface area is 216 Å². The molecule has 1 N–H and O–H groups in total. The Balaban J connectivity index is 1.94. The molecule has 1 atom stereocenters. The zero-order valence-electron chi connectivity index (χ0n) is 18.1. The van der Waals surface area contributed by atoms with Gasteiger partial charge in [0, 0.05) is 11.5 Å². The van der Waals surface area contributed by atoms with Crippen molar-refractivity contribution in [2.75, 3.05) is 0 Å². The maximum Gasteiger partial charge on any atom is 0.328 e. The standard InChI is InChI=1S/C26H20ClFIN2O2P/c1-2-21(22-10-9-20(28)14-23(22)27)26(17-6-3-16(4-7-17)5-12-25(32)33)18-8-11-24-19(13-18)15-30-31(24)34-29/h3-15,34H,2H2,1H3,(H,32,33)/b12-5+,26-21+. The summed E-state index contributed by atoms with van der Waals surface area (Å²) in [7, 11) is 0. The van der Waals surface area contributed by atoms with Gasteiger partial charge in [-0.25, -0.2) is 13.6 Å². The van der Waals surface area contributed by atoms with E-state index < -0.39 is 5.97 Å². The minimum atomic E-state index is -0.996. The van der Waals surface area contributed by atoms with Crippen molar-refractivity contribution in [3.63, 3.8) is 0 Å². The molecule has 1 aromatic heterocycles. The molecular weight excluding hydrogens is 585 g/mol. The van der Waals surface area contributed by atoms with Crippen LogP contribution in [0.4, 0.5) is 4.39 Å². The van der Waals surface area contributed by atoms with Gasteiger partial charge < -0.3 is 5.11 Å². The second-order valence-electron chi connectivity index (χ2n) is 7.54. The van der Waals surface area contributed by atoms with Crippen LogP contribution < -0.4 is 0 Å². The quantitative estimate of drug-likeness (QED) is 0.100. The van der Waals surface area contributed by atoms with Gasteiger partial charge >= 0.3 is 5.97 Å². The molecule has 0 radical (unpaired) electrons. The monoisotopic (exact) mass is 604 g/mol. The van der Waals surface area contributed by atoms with E-state index in [2.05, 4.69) is 45.3 Å². The van der Waals surface area contributed by atoms with Crippen molar-refractivity contribution in [2.45, 2.75) is 13.3 Å². The lowest BCUT2D eigenvalue weighted by atomic mass is 9.87. The molecule has 8 heteroatoms. The molecule has 34 heavy (non-hydrogen) atoms. The summed E-state index contributed by atoms with van der Waals surface area (Å²) < 4.78 is 15.8. The Hall–Kier alpha value is -2.54. The molecule has 1 heterocycles. The van der Waals surface area contributed by atoms with Gasteiger partial charge in [0.15, 0.2) is 0 Å². The summed E-state index contributed by atoms with van der Waals surface area (Å²) in [4.78, 5) is 10.9. The summed E-state index contributed by atoms with van der Waals surface area (Å²) in [6.45, 7) is 2.05. The molecule has 1 unspecified atom stereocenters. The lowest BCUT2D eigenvalue weighted by Crippen LogP contribution is -1.97. The summed E-state index contributed by atoms with van der Waals surface area (Å²) in [6.07, 6.45) is 5.70. The molecular formula is C26H20ClFIN2O2P. The fourth-order valence-electron chi connectivity index (χ4n) is 3.94. The van der Waals surface area contributed by atoms with Crippen LogP contribution in [0.15, 0.2) is 72.9 Å². The molecule has 0 spiro atoms. The molecule has 0 saturated heterocycles. The van der Waals surface area contributed by atoms with Crippen LogP contribution in [0.2, 0.25) is 5.02 Å². The van der Waals surface area contributed by atoms with Crippen molar-refractivity contribution < 1.29 is 14.3 Å². The normalized spacial score (nSPS) is 12.7. The van der Waals surface area contributed by atoms with Crippen molar-refractivity contribution in [3.8, 4) is 0 Å². The molecule has 0 aliphatic rings. The first kappa shape index (κ1) is 24.6. The predicted octanol–water partition coefficient (Wildman–Crippen LogP) is 8.09. The zero-order valence-corrected chi connectivity index (χ0v) is 22.0. The number of benzene rings is 3. The Bertz CT molecular complexity index is 1430. The highest BCUT2D eigenvalue weighted by Crippen LogP contribution is 2.39. The molecule has 0 aliphatic carbocycles. The number of halogens is 3. The van der Waals surface area contributed by atoms with Gasteiger partial charge in [-0.3, -0.25) is 0 Å². The second kappa shape index (κ2) is 10.8. The van der Waals surface area contributed by atoms with Gasteiger partial charge in [-0.2, -0.15) is 5.10 Å². The lowest BCUT2D eigenvalue weighted by molar-refractivity contribution is -0.131. The number of hydrogen-bond acceptors (Lipinski definition) is 2. The van der Waals surface area contributed by atoms with E-state index in [-0.39, 0.29) is 5.82 Å². The summed E-state index contributed by atoms with van der Waals surface area (Å²) in [5, 5.41) is 14.8. The van der Waals surface area contributed by atoms with Crippen LogP contribution in [-0.4, -0.2) is 20.6 Å². The Morgan fingerprint density at radius 1 is 1.15 bits per heavy atom. The van der Waals surface area contributed by atoms with Crippen molar-refractivity contribution in [1.82, 2.24) is 9.55 Å². The molecule has 0 bridgehead atoms. The first-order valence-corrected chi connectivity index (χ1v) is 14.9. The number of allylic oxidation sites excluding steroid dienone is 1. The molecule has 3 aromatic carbocycles. The van der Waals surface area contributed by atoms with Crippen LogP contribution >= 0.6 is 40.0 Å². The fourth-order valence-corrected chi connectivity index (χ4v) is 5.77. The van der Waals surface area contributed by atoms with E-state index in [0.717, 1.165) is 50.4 Å². The third-order valence-corrected chi connectivity index (χ3v) is 7.67. The molecule has 0 aliphatic heterocycles. The SMILES string of the molecule is CC/C(=C(/c1ccc(/C=C/C(=O)O)cc1)c1ccc2c(cnn2PI)c1)c1ccc(F)cc1Cl. The minimum Gasteiger partial charge on any atom is -0.478 e. The third kappa shape index (κ3) is 5.24. The summed E-state index contributed by atoms with van der Waals surface area (Å²) in [6, 6.07) is 18.4. The average Bonchev–Trinajstić information content (AvgIpc) is 3.24. The van der Waals surface area contributed by atoms with E-state index in [1.165, 1.54) is 12.1 Å². The molecule has 0 amide bonds. The van der Waals surface area contributed by atoms with Crippen molar-refractivity contribution >= 4 is 74.1 Å². The first-order valence-electron chi connectivity index (χ1n) is 10.5. The molecule has 0 fully saturated rings. The van der Waals surface area contributed by atoms with E-state index in [0.29, 0.717) is 17.8 Å². The number of fused-ring (bicyclic) bond motifs is 1. The Morgan fingerprint density at radius 2 is 1.88 bits per heavy atom. The van der Waals surface area contributed by atoms with Crippen molar-refractivity contribution in [3.05, 3.63) is 106 Å². The summed E-state index contributed by atoms with van der Waals surface area (Å²) in [5.74, 6) is -1.38. The number of rotatable bonds is 7. The van der Waals surface area contributed by atoms with Crippen molar-refractivity contribution in [1.29, 1.82) is 0 Å². The fraction of sp³-hybridized carbons (Fsp3) is 0.0769. The molecule has 0 saturated carbocycles. The van der Waals surface area contributed by atoms with E-state index in [1.807, 2.05) is 41.8 Å². The molecule has 4 nitrogen and oxygen atoms in total. The van der Waals surface area contributed by atoms with Gasteiger partial charge in [0.25, 0.3) is 0 Å². The molecule has 172 valence electrons. The topological polar surface area (TPSA) is 55.1 Å². The first-order chi connectivity index (χ1) is 16.4. The van der Waals surface area contributed by atoms with Crippen LogP contribution in [0.5, 0.6) is 0 Å². The van der Waals surface area contributed by atoms with Gasteiger partial charge in [0.2, 0.25) is 0 Å². The number of hydrogen-bond donors (Lipinski definition) is 1. The van der Waals surface area contributed by atoms with Gasteiger partial charge in [-0.05, 0) is 92.2 Å². The predicted molar refractivity (Wildman–Crippen MR) is 148 cm³/mol. The lowest BCUT2D eigenvalue weighted by Gasteiger charge is -2.18. The maximum absolute atomic E-state index is 13.8. The van der Waals surface area contributed by atoms with Gasteiger partial charge in [-0.15, -0.1) is 0 Å². The smallest absolute Gasteiger partial charge is 0.328 e. The van der Waals surface area contributed by atoms with E-state index in [9.17, 15) is 9.18 Å².